The maximum absolute atomic E-state index is 12.2. The van der Waals surface area contributed by atoms with Crippen molar-refractivity contribution in [3.8, 4) is 0 Å². The zero-order valence-electron chi connectivity index (χ0n) is 11.1. The van der Waals surface area contributed by atoms with Crippen LogP contribution in [0.15, 0.2) is 18.2 Å². The zero-order valence-corrected chi connectivity index (χ0v) is 11.9. The van der Waals surface area contributed by atoms with Crippen LogP contribution in [-0.4, -0.2) is 15.5 Å². The molecular formula is C13H16N4OS. The van der Waals surface area contributed by atoms with Gasteiger partial charge in [-0.25, -0.2) is 0 Å². The molecule has 0 saturated carbocycles. The van der Waals surface area contributed by atoms with Gasteiger partial charge >= 0.3 is 0 Å². The van der Waals surface area contributed by atoms with Gasteiger partial charge in [0, 0.05) is 0 Å². The Labute approximate surface area is 116 Å². The zero-order chi connectivity index (χ0) is 14.0. The number of anilines is 2. The van der Waals surface area contributed by atoms with Gasteiger partial charge in [0.15, 0.2) is 0 Å². The molecule has 0 radical (unpaired) electrons. The number of carbonyl (C=O) groups is 1. The van der Waals surface area contributed by atoms with Gasteiger partial charge in [0.1, 0.15) is 4.88 Å². The van der Waals surface area contributed by atoms with Crippen LogP contribution >= 0.6 is 11.5 Å². The lowest BCUT2D eigenvalue weighted by Gasteiger charge is -2.09. The van der Waals surface area contributed by atoms with Crippen LogP contribution in [0.4, 0.5) is 11.4 Å². The number of hydrogen-bond acceptors (Lipinski definition) is 5. The lowest BCUT2D eigenvalue weighted by Crippen LogP contribution is -2.14. The van der Waals surface area contributed by atoms with Crippen molar-refractivity contribution in [2.45, 2.75) is 26.7 Å². The van der Waals surface area contributed by atoms with Gasteiger partial charge < -0.3 is 11.1 Å². The first-order chi connectivity index (χ1) is 8.99. The van der Waals surface area contributed by atoms with E-state index in [-0.39, 0.29) is 11.8 Å². The first-order valence-corrected chi connectivity index (χ1v) is 6.76. The number of hydrogen-bond donors (Lipinski definition) is 2. The Morgan fingerprint density at radius 3 is 2.79 bits per heavy atom. The molecule has 0 fully saturated rings. The Hall–Kier alpha value is -1.95. The molecule has 0 bridgehead atoms. The van der Waals surface area contributed by atoms with Crippen LogP contribution in [-0.2, 0) is 0 Å². The SMILES string of the molecule is Cc1ccc(NC(=O)c2snnc2C(C)C)c(N)c1. The molecule has 3 N–H and O–H groups in total. The second kappa shape index (κ2) is 5.36. The molecule has 1 heterocycles. The third kappa shape index (κ3) is 2.90. The highest BCUT2D eigenvalue weighted by Crippen LogP contribution is 2.24. The predicted octanol–water partition coefficient (Wildman–Crippen LogP) is 2.80. The number of rotatable bonds is 3. The van der Waals surface area contributed by atoms with Gasteiger partial charge in [0.2, 0.25) is 0 Å². The summed E-state index contributed by atoms with van der Waals surface area (Å²) in [5, 5.41) is 6.79. The number of nitrogens with zero attached hydrogens (tertiary/aromatic N) is 2. The van der Waals surface area contributed by atoms with Gasteiger partial charge in [-0.05, 0) is 42.1 Å². The fourth-order valence-electron chi connectivity index (χ4n) is 1.71. The summed E-state index contributed by atoms with van der Waals surface area (Å²) < 4.78 is 3.84. The molecule has 1 amide bonds. The molecule has 0 aliphatic carbocycles. The van der Waals surface area contributed by atoms with E-state index in [4.69, 9.17) is 5.73 Å². The summed E-state index contributed by atoms with van der Waals surface area (Å²) in [6.07, 6.45) is 0. The van der Waals surface area contributed by atoms with E-state index in [9.17, 15) is 4.79 Å². The molecule has 6 heteroatoms. The van der Waals surface area contributed by atoms with Crippen LogP contribution in [0.2, 0.25) is 0 Å². The number of nitrogens with one attached hydrogen (secondary N) is 1. The lowest BCUT2D eigenvalue weighted by atomic mass is 10.1. The van der Waals surface area contributed by atoms with Crippen molar-refractivity contribution >= 4 is 28.8 Å². The van der Waals surface area contributed by atoms with Crippen molar-refractivity contribution in [1.82, 2.24) is 9.59 Å². The first kappa shape index (κ1) is 13.5. The minimum Gasteiger partial charge on any atom is -0.397 e. The number of carbonyl (C=O) groups excluding carboxylic acids is 1. The van der Waals surface area contributed by atoms with Gasteiger partial charge in [-0.2, -0.15) is 0 Å². The Kier molecular flexibility index (Phi) is 3.80. The molecule has 0 saturated heterocycles. The molecule has 2 aromatic rings. The molecule has 0 spiro atoms. The molecule has 2 rings (SSSR count). The summed E-state index contributed by atoms with van der Waals surface area (Å²) in [5.74, 6) is -0.0517. The van der Waals surface area contributed by atoms with Crippen molar-refractivity contribution in [1.29, 1.82) is 0 Å². The Morgan fingerprint density at radius 2 is 2.16 bits per heavy atom. The minimum atomic E-state index is -0.214. The van der Waals surface area contributed by atoms with E-state index < -0.39 is 0 Å². The quantitative estimate of drug-likeness (QED) is 0.845. The predicted molar refractivity (Wildman–Crippen MR) is 77.5 cm³/mol. The summed E-state index contributed by atoms with van der Waals surface area (Å²) in [4.78, 5) is 12.7. The summed E-state index contributed by atoms with van der Waals surface area (Å²) in [6, 6.07) is 5.52. The van der Waals surface area contributed by atoms with Gasteiger partial charge in [-0.15, -0.1) is 5.10 Å². The highest BCUT2D eigenvalue weighted by Gasteiger charge is 2.19. The molecule has 1 aromatic carbocycles. The van der Waals surface area contributed by atoms with Crippen LogP contribution in [0.5, 0.6) is 0 Å². The molecule has 0 atom stereocenters. The van der Waals surface area contributed by atoms with E-state index in [0.717, 1.165) is 17.1 Å². The lowest BCUT2D eigenvalue weighted by molar-refractivity contribution is 0.102. The summed E-state index contributed by atoms with van der Waals surface area (Å²) >= 11 is 1.10. The van der Waals surface area contributed by atoms with Crippen LogP contribution in [0, 0.1) is 6.92 Å². The van der Waals surface area contributed by atoms with E-state index in [2.05, 4.69) is 14.9 Å². The van der Waals surface area contributed by atoms with Crippen LogP contribution in [0.25, 0.3) is 0 Å². The maximum Gasteiger partial charge on any atom is 0.269 e. The first-order valence-electron chi connectivity index (χ1n) is 5.98. The fraction of sp³-hybridized carbons (Fsp3) is 0.308. The third-order valence-electron chi connectivity index (χ3n) is 2.72. The maximum atomic E-state index is 12.2. The van der Waals surface area contributed by atoms with Crippen molar-refractivity contribution in [3.05, 3.63) is 34.3 Å². The highest BCUT2D eigenvalue weighted by atomic mass is 32.1. The second-order valence-electron chi connectivity index (χ2n) is 4.69. The monoisotopic (exact) mass is 276 g/mol. The molecular weight excluding hydrogens is 260 g/mol. The molecule has 5 nitrogen and oxygen atoms in total. The van der Waals surface area contributed by atoms with Gasteiger partial charge in [0.05, 0.1) is 17.1 Å². The molecule has 0 aliphatic heterocycles. The molecule has 0 unspecified atom stereocenters. The van der Waals surface area contributed by atoms with E-state index in [1.165, 1.54) is 0 Å². The van der Waals surface area contributed by atoms with E-state index >= 15 is 0 Å². The van der Waals surface area contributed by atoms with Crippen molar-refractivity contribution < 1.29 is 4.79 Å². The minimum absolute atomic E-state index is 0.162. The largest absolute Gasteiger partial charge is 0.397 e. The third-order valence-corrected chi connectivity index (χ3v) is 3.46. The Morgan fingerprint density at radius 1 is 1.42 bits per heavy atom. The summed E-state index contributed by atoms with van der Waals surface area (Å²) in [7, 11) is 0. The van der Waals surface area contributed by atoms with E-state index in [1.807, 2.05) is 32.9 Å². The number of nitrogen functional groups attached to an aromatic ring is 1. The van der Waals surface area contributed by atoms with Crippen molar-refractivity contribution in [3.63, 3.8) is 0 Å². The Bertz CT molecular complexity index is 606. The van der Waals surface area contributed by atoms with Crippen LogP contribution in [0.1, 0.15) is 40.7 Å². The highest BCUT2D eigenvalue weighted by molar-refractivity contribution is 7.08. The van der Waals surface area contributed by atoms with E-state index in [1.54, 1.807) is 6.07 Å². The average molecular weight is 276 g/mol. The summed E-state index contributed by atoms with van der Waals surface area (Å²) in [5.41, 5.74) is 8.81. The second-order valence-corrected chi connectivity index (χ2v) is 5.44. The smallest absolute Gasteiger partial charge is 0.269 e. The van der Waals surface area contributed by atoms with Crippen molar-refractivity contribution in [2.75, 3.05) is 11.1 Å². The molecule has 100 valence electrons. The number of aryl methyl sites for hydroxylation is 1. The average Bonchev–Trinajstić information content (AvgIpc) is 2.82. The van der Waals surface area contributed by atoms with E-state index in [0.29, 0.717) is 21.9 Å². The molecule has 1 aromatic heterocycles. The molecule has 19 heavy (non-hydrogen) atoms. The number of nitrogens with two attached hydrogens (primary N) is 1. The van der Waals surface area contributed by atoms with Crippen molar-refractivity contribution in [2.24, 2.45) is 0 Å². The fourth-order valence-corrected chi connectivity index (χ4v) is 2.42. The Balaban J connectivity index is 2.23. The number of benzene rings is 1. The number of amides is 1. The van der Waals surface area contributed by atoms with Gasteiger partial charge in [-0.3, -0.25) is 4.79 Å². The summed E-state index contributed by atoms with van der Waals surface area (Å²) in [6.45, 7) is 5.91. The molecule has 0 aliphatic rings. The topological polar surface area (TPSA) is 80.9 Å². The standard InChI is InChI=1S/C13H16N4OS/c1-7(2)11-12(19-17-16-11)13(18)15-10-5-4-8(3)6-9(10)14/h4-7H,14H2,1-3H3,(H,15,18). The normalized spacial score (nSPS) is 10.7. The van der Waals surface area contributed by atoms with Gasteiger partial charge in [0.25, 0.3) is 5.91 Å². The van der Waals surface area contributed by atoms with Crippen LogP contribution < -0.4 is 11.1 Å². The van der Waals surface area contributed by atoms with Crippen LogP contribution in [0.3, 0.4) is 0 Å². The number of aromatic nitrogens is 2. The van der Waals surface area contributed by atoms with Gasteiger partial charge in [-0.1, -0.05) is 24.4 Å².